The summed E-state index contributed by atoms with van der Waals surface area (Å²) in [5.74, 6) is 0. The first-order chi connectivity index (χ1) is 6.77. The van der Waals surface area contributed by atoms with Gasteiger partial charge in [0.2, 0.25) is 5.24 Å². The van der Waals surface area contributed by atoms with Gasteiger partial charge in [-0.15, -0.1) is 0 Å². The molecule has 0 rings (SSSR count). The molecule has 1 nitrogen and oxygen atoms in total. The molecule has 0 heterocycles. The molecule has 0 aromatic heterocycles. The van der Waals surface area contributed by atoms with Gasteiger partial charge in [-0.05, 0) is 24.4 Å². The second kappa shape index (κ2) is 11.0. The fraction of sp³-hybridized carbons (Fsp3) is 0.909. The number of unbranched alkanes of at least 4 members (excludes halogenated alkanes) is 7. The van der Waals surface area contributed by atoms with Gasteiger partial charge in [0.05, 0.1) is 6.67 Å². The third-order valence-corrected chi connectivity index (χ3v) is 2.45. The standard InChI is InChI=1S/C11H20ClFO/c12-11(14)9-7-5-3-1-2-4-6-8-10-13/h1-10H2. The van der Waals surface area contributed by atoms with Crippen LogP contribution in [0.1, 0.15) is 57.8 Å². The molecule has 0 aliphatic rings. The number of carbonyl (C=O) groups is 1. The minimum atomic E-state index is -0.229. The molecule has 3 heteroatoms. The number of hydrogen-bond donors (Lipinski definition) is 0. The van der Waals surface area contributed by atoms with Gasteiger partial charge in [0.15, 0.2) is 0 Å². The Bertz CT molecular complexity index is 139. The molecule has 0 aliphatic heterocycles. The molecule has 0 fully saturated rings. The molecule has 84 valence electrons. The number of halogens is 2. The van der Waals surface area contributed by atoms with E-state index in [-0.39, 0.29) is 11.9 Å². The fourth-order valence-corrected chi connectivity index (χ4v) is 1.55. The van der Waals surface area contributed by atoms with Crippen molar-refractivity contribution in [3.05, 3.63) is 0 Å². The number of carbonyl (C=O) groups excluding carboxylic acids is 1. The smallest absolute Gasteiger partial charge is 0.221 e. The van der Waals surface area contributed by atoms with Crippen molar-refractivity contribution in [3.8, 4) is 0 Å². The average molecular weight is 223 g/mol. The van der Waals surface area contributed by atoms with Crippen LogP contribution in [0.4, 0.5) is 4.39 Å². The predicted octanol–water partition coefficient (Wildman–Crippen LogP) is 4.23. The minimum absolute atomic E-state index is 0.183. The van der Waals surface area contributed by atoms with E-state index in [4.69, 9.17) is 11.6 Å². The van der Waals surface area contributed by atoms with E-state index in [1.54, 1.807) is 0 Å². The Balaban J connectivity index is 2.88. The number of rotatable bonds is 10. The van der Waals surface area contributed by atoms with E-state index in [9.17, 15) is 9.18 Å². The van der Waals surface area contributed by atoms with Crippen molar-refractivity contribution in [2.75, 3.05) is 6.67 Å². The van der Waals surface area contributed by atoms with Crippen LogP contribution in [0.5, 0.6) is 0 Å². The monoisotopic (exact) mass is 222 g/mol. The zero-order chi connectivity index (χ0) is 10.6. The van der Waals surface area contributed by atoms with Gasteiger partial charge in [-0.25, -0.2) is 0 Å². The van der Waals surface area contributed by atoms with Gasteiger partial charge in [0.25, 0.3) is 0 Å². The van der Waals surface area contributed by atoms with E-state index in [1.165, 1.54) is 19.3 Å². The highest BCUT2D eigenvalue weighted by Gasteiger charge is 1.96. The largest absolute Gasteiger partial charge is 0.281 e. The van der Waals surface area contributed by atoms with Crippen LogP contribution in [-0.2, 0) is 4.79 Å². The Kier molecular flexibility index (Phi) is 10.9. The highest BCUT2D eigenvalue weighted by atomic mass is 35.5. The van der Waals surface area contributed by atoms with Crippen molar-refractivity contribution in [2.24, 2.45) is 0 Å². The van der Waals surface area contributed by atoms with Crippen LogP contribution in [0.3, 0.4) is 0 Å². The Morgan fingerprint density at radius 2 is 1.29 bits per heavy atom. The molecule has 0 aromatic rings. The van der Waals surface area contributed by atoms with Gasteiger partial charge >= 0.3 is 0 Å². The SMILES string of the molecule is O=C(Cl)CCCCCCCCCCF. The molecular weight excluding hydrogens is 203 g/mol. The lowest BCUT2D eigenvalue weighted by atomic mass is 10.1. The van der Waals surface area contributed by atoms with Crippen molar-refractivity contribution >= 4 is 16.8 Å². The lowest BCUT2D eigenvalue weighted by Gasteiger charge is -1.99. The summed E-state index contributed by atoms with van der Waals surface area (Å²) in [7, 11) is 0. The van der Waals surface area contributed by atoms with Gasteiger partial charge in [-0.1, -0.05) is 38.5 Å². The van der Waals surface area contributed by atoms with E-state index in [0.29, 0.717) is 12.8 Å². The lowest BCUT2D eigenvalue weighted by molar-refractivity contribution is -0.111. The molecule has 0 radical (unpaired) electrons. The summed E-state index contributed by atoms with van der Waals surface area (Å²) in [4.78, 5) is 10.4. The number of hydrogen-bond acceptors (Lipinski definition) is 1. The second-order valence-corrected chi connectivity index (χ2v) is 4.04. The third-order valence-electron chi connectivity index (χ3n) is 2.26. The third kappa shape index (κ3) is 11.9. The molecule has 0 saturated carbocycles. The first-order valence-electron chi connectivity index (χ1n) is 5.51. The molecule has 0 unspecified atom stereocenters. The maximum absolute atomic E-state index is 11.7. The maximum Gasteiger partial charge on any atom is 0.221 e. The van der Waals surface area contributed by atoms with Crippen LogP contribution in [0, 0.1) is 0 Å². The van der Waals surface area contributed by atoms with Gasteiger partial charge in [-0.2, -0.15) is 0 Å². The Labute approximate surface area is 91.0 Å². The van der Waals surface area contributed by atoms with Crippen molar-refractivity contribution in [2.45, 2.75) is 57.8 Å². The van der Waals surface area contributed by atoms with Gasteiger partial charge < -0.3 is 0 Å². The first-order valence-corrected chi connectivity index (χ1v) is 5.89. The Morgan fingerprint density at radius 3 is 1.71 bits per heavy atom. The first kappa shape index (κ1) is 13.9. The van der Waals surface area contributed by atoms with Gasteiger partial charge in [0.1, 0.15) is 0 Å². The highest BCUT2D eigenvalue weighted by Crippen LogP contribution is 2.10. The normalized spacial score (nSPS) is 10.4. The predicted molar refractivity (Wildman–Crippen MR) is 58.4 cm³/mol. The molecule has 0 atom stereocenters. The van der Waals surface area contributed by atoms with Crippen molar-refractivity contribution in [1.29, 1.82) is 0 Å². The zero-order valence-electron chi connectivity index (χ0n) is 8.74. The zero-order valence-corrected chi connectivity index (χ0v) is 9.49. The average Bonchev–Trinajstić information content (AvgIpc) is 2.15. The molecule has 14 heavy (non-hydrogen) atoms. The van der Waals surface area contributed by atoms with E-state index in [0.717, 1.165) is 25.7 Å². The Hall–Kier alpha value is -0.110. The summed E-state index contributed by atoms with van der Waals surface area (Å²) in [5.41, 5.74) is 0. The van der Waals surface area contributed by atoms with Crippen LogP contribution in [0.25, 0.3) is 0 Å². The van der Waals surface area contributed by atoms with E-state index in [2.05, 4.69) is 0 Å². The summed E-state index contributed by atoms with van der Waals surface area (Å²) in [6, 6.07) is 0. The summed E-state index contributed by atoms with van der Waals surface area (Å²) in [6.45, 7) is -0.183. The topological polar surface area (TPSA) is 17.1 Å². The fourth-order valence-electron chi connectivity index (χ4n) is 1.42. The molecule has 0 spiro atoms. The van der Waals surface area contributed by atoms with Crippen molar-refractivity contribution in [3.63, 3.8) is 0 Å². The summed E-state index contributed by atoms with van der Waals surface area (Å²) < 4.78 is 11.7. The maximum atomic E-state index is 11.7. The van der Waals surface area contributed by atoms with Gasteiger partial charge in [0, 0.05) is 6.42 Å². The number of alkyl halides is 1. The summed E-state index contributed by atoms with van der Waals surface area (Å²) >= 11 is 5.20. The Morgan fingerprint density at radius 1 is 0.857 bits per heavy atom. The quantitative estimate of drug-likeness (QED) is 0.399. The molecule has 0 N–H and O–H groups in total. The highest BCUT2D eigenvalue weighted by molar-refractivity contribution is 6.63. The second-order valence-electron chi connectivity index (χ2n) is 3.62. The molecule has 0 saturated heterocycles. The summed E-state index contributed by atoms with van der Waals surface area (Å²) in [5, 5.41) is -0.229. The molecule has 0 amide bonds. The van der Waals surface area contributed by atoms with Crippen LogP contribution >= 0.6 is 11.6 Å². The molecule has 0 aromatic carbocycles. The van der Waals surface area contributed by atoms with Gasteiger partial charge in [-0.3, -0.25) is 9.18 Å². The van der Waals surface area contributed by atoms with E-state index in [1.807, 2.05) is 0 Å². The summed E-state index contributed by atoms with van der Waals surface area (Å²) in [6.07, 6.45) is 8.91. The molecular formula is C11H20ClFO. The molecule has 0 bridgehead atoms. The van der Waals surface area contributed by atoms with Crippen molar-refractivity contribution < 1.29 is 9.18 Å². The van der Waals surface area contributed by atoms with Crippen molar-refractivity contribution in [1.82, 2.24) is 0 Å². The lowest BCUT2D eigenvalue weighted by Crippen LogP contribution is -1.86. The van der Waals surface area contributed by atoms with Crippen LogP contribution < -0.4 is 0 Å². The van der Waals surface area contributed by atoms with E-state index >= 15 is 0 Å². The van der Waals surface area contributed by atoms with Crippen LogP contribution in [0.2, 0.25) is 0 Å². The minimum Gasteiger partial charge on any atom is -0.281 e. The van der Waals surface area contributed by atoms with E-state index < -0.39 is 0 Å². The van der Waals surface area contributed by atoms with Crippen LogP contribution in [-0.4, -0.2) is 11.9 Å². The van der Waals surface area contributed by atoms with Crippen LogP contribution in [0.15, 0.2) is 0 Å². The molecule has 0 aliphatic carbocycles.